The van der Waals surface area contributed by atoms with Crippen LogP contribution in [-0.2, 0) is 4.74 Å². The first-order valence-corrected chi connectivity index (χ1v) is 11.4. The lowest BCUT2D eigenvalue weighted by molar-refractivity contribution is 0.0600. The fourth-order valence-corrected chi connectivity index (χ4v) is 3.91. The Labute approximate surface area is 208 Å². The second-order valence-electron chi connectivity index (χ2n) is 8.13. The van der Waals surface area contributed by atoms with Crippen molar-refractivity contribution in [3.05, 3.63) is 126 Å². The Morgan fingerprint density at radius 3 is 1.92 bits per heavy atom. The van der Waals surface area contributed by atoms with Crippen molar-refractivity contribution in [3.63, 3.8) is 0 Å². The lowest BCUT2D eigenvalue weighted by atomic mass is 10.1. The van der Waals surface area contributed by atoms with Crippen LogP contribution >= 0.6 is 0 Å². The molecule has 5 aromatic rings. The first kappa shape index (κ1) is 22.8. The summed E-state index contributed by atoms with van der Waals surface area (Å²) >= 11 is 0. The molecule has 0 fully saturated rings. The van der Waals surface area contributed by atoms with Crippen molar-refractivity contribution in [3.8, 4) is 28.2 Å². The molecule has 4 aromatic carbocycles. The standard InChI is InChI=1S/C30H23N3O3/c1-36-30(35)24-12-16-25(17-13-24)31-29(34)23-14-18-26(19-15-23)33-28(22-10-6-3-7-11-22)20-27(32-33)21-8-4-2-5-9-21/h2-20H,1H3,(H,31,34). The molecule has 0 spiro atoms. The third-order valence-corrected chi connectivity index (χ3v) is 5.79. The average molecular weight is 474 g/mol. The van der Waals surface area contributed by atoms with Crippen molar-refractivity contribution < 1.29 is 14.3 Å². The van der Waals surface area contributed by atoms with Crippen LogP contribution in [-0.4, -0.2) is 28.8 Å². The number of anilines is 1. The Kier molecular flexibility index (Phi) is 6.40. The predicted molar refractivity (Wildman–Crippen MR) is 140 cm³/mol. The second-order valence-corrected chi connectivity index (χ2v) is 8.13. The van der Waals surface area contributed by atoms with Crippen molar-refractivity contribution in [2.24, 2.45) is 0 Å². The number of rotatable bonds is 6. The minimum absolute atomic E-state index is 0.249. The van der Waals surface area contributed by atoms with Gasteiger partial charge in [0.25, 0.3) is 5.91 Å². The number of ether oxygens (including phenoxy) is 1. The van der Waals surface area contributed by atoms with Crippen molar-refractivity contribution in [1.29, 1.82) is 0 Å². The summed E-state index contributed by atoms with van der Waals surface area (Å²) in [5.41, 5.74) is 6.25. The number of carbonyl (C=O) groups excluding carboxylic acids is 2. The zero-order valence-electron chi connectivity index (χ0n) is 19.6. The molecule has 0 aliphatic rings. The van der Waals surface area contributed by atoms with E-state index in [1.54, 1.807) is 36.4 Å². The molecule has 1 amide bonds. The van der Waals surface area contributed by atoms with Gasteiger partial charge in [-0.1, -0.05) is 60.7 Å². The van der Waals surface area contributed by atoms with Crippen LogP contribution in [0.15, 0.2) is 115 Å². The van der Waals surface area contributed by atoms with Gasteiger partial charge in [-0.05, 0) is 54.6 Å². The number of methoxy groups -OCH3 is 1. The van der Waals surface area contributed by atoms with Crippen molar-refractivity contribution in [1.82, 2.24) is 9.78 Å². The molecule has 0 saturated carbocycles. The molecule has 1 aromatic heterocycles. The van der Waals surface area contributed by atoms with Gasteiger partial charge in [0, 0.05) is 22.4 Å². The normalized spacial score (nSPS) is 10.6. The predicted octanol–water partition coefficient (Wildman–Crippen LogP) is 6.25. The van der Waals surface area contributed by atoms with Gasteiger partial charge < -0.3 is 10.1 Å². The fraction of sp³-hybridized carbons (Fsp3) is 0.0333. The molecule has 6 nitrogen and oxygen atoms in total. The monoisotopic (exact) mass is 473 g/mol. The number of nitrogens with zero attached hydrogens (tertiary/aromatic N) is 2. The maximum Gasteiger partial charge on any atom is 0.337 e. The molecule has 0 saturated heterocycles. The zero-order chi connectivity index (χ0) is 24.9. The van der Waals surface area contributed by atoms with Gasteiger partial charge in [0.1, 0.15) is 0 Å². The van der Waals surface area contributed by atoms with E-state index in [1.807, 2.05) is 65.3 Å². The summed E-state index contributed by atoms with van der Waals surface area (Å²) in [5, 5.41) is 7.73. The van der Waals surface area contributed by atoms with Crippen LogP contribution in [0.4, 0.5) is 5.69 Å². The van der Waals surface area contributed by atoms with Crippen LogP contribution in [0.5, 0.6) is 0 Å². The van der Waals surface area contributed by atoms with Gasteiger partial charge in [0.15, 0.2) is 0 Å². The van der Waals surface area contributed by atoms with Gasteiger partial charge >= 0.3 is 5.97 Å². The first-order valence-electron chi connectivity index (χ1n) is 11.4. The van der Waals surface area contributed by atoms with Crippen molar-refractivity contribution >= 4 is 17.6 Å². The first-order chi connectivity index (χ1) is 17.6. The topological polar surface area (TPSA) is 73.2 Å². The summed E-state index contributed by atoms with van der Waals surface area (Å²) in [5.74, 6) is -0.673. The van der Waals surface area contributed by atoms with Gasteiger partial charge in [-0.25, -0.2) is 9.48 Å². The molecular weight excluding hydrogens is 450 g/mol. The molecular formula is C30H23N3O3. The van der Waals surface area contributed by atoms with E-state index >= 15 is 0 Å². The lowest BCUT2D eigenvalue weighted by Crippen LogP contribution is -2.12. The largest absolute Gasteiger partial charge is 0.465 e. The Morgan fingerprint density at radius 1 is 0.722 bits per heavy atom. The van der Waals surface area contributed by atoms with E-state index in [1.165, 1.54) is 7.11 Å². The summed E-state index contributed by atoms with van der Waals surface area (Å²) in [6.07, 6.45) is 0. The summed E-state index contributed by atoms with van der Waals surface area (Å²) in [6, 6.07) is 36.0. The highest BCUT2D eigenvalue weighted by Crippen LogP contribution is 2.28. The van der Waals surface area contributed by atoms with E-state index in [4.69, 9.17) is 9.84 Å². The third-order valence-electron chi connectivity index (χ3n) is 5.79. The average Bonchev–Trinajstić information content (AvgIpc) is 3.40. The highest BCUT2D eigenvalue weighted by atomic mass is 16.5. The van der Waals surface area contributed by atoms with E-state index < -0.39 is 5.97 Å². The number of hydrogen-bond acceptors (Lipinski definition) is 4. The number of amides is 1. The minimum atomic E-state index is -0.424. The molecule has 0 aliphatic carbocycles. The maximum atomic E-state index is 12.8. The molecule has 0 unspecified atom stereocenters. The van der Waals surface area contributed by atoms with Gasteiger partial charge in [-0.2, -0.15) is 5.10 Å². The van der Waals surface area contributed by atoms with E-state index in [0.29, 0.717) is 16.8 Å². The summed E-state index contributed by atoms with van der Waals surface area (Å²) < 4.78 is 6.60. The lowest BCUT2D eigenvalue weighted by Gasteiger charge is -2.10. The van der Waals surface area contributed by atoms with Gasteiger partial charge in [-0.15, -0.1) is 0 Å². The van der Waals surface area contributed by atoms with E-state index in [2.05, 4.69) is 23.5 Å². The Hall–Kier alpha value is -4.97. The minimum Gasteiger partial charge on any atom is -0.465 e. The van der Waals surface area contributed by atoms with Crippen LogP contribution in [0.25, 0.3) is 28.2 Å². The molecule has 36 heavy (non-hydrogen) atoms. The van der Waals surface area contributed by atoms with Crippen LogP contribution in [0.3, 0.4) is 0 Å². The Balaban J connectivity index is 1.41. The van der Waals surface area contributed by atoms with E-state index in [-0.39, 0.29) is 5.91 Å². The zero-order valence-corrected chi connectivity index (χ0v) is 19.6. The number of benzene rings is 4. The fourth-order valence-electron chi connectivity index (χ4n) is 3.91. The second kappa shape index (κ2) is 10.1. The highest BCUT2D eigenvalue weighted by Gasteiger charge is 2.14. The van der Waals surface area contributed by atoms with E-state index in [9.17, 15) is 9.59 Å². The quantitative estimate of drug-likeness (QED) is 0.296. The molecule has 176 valence electrons. The van der Waals surface area contributed by atoms with Gasteiger partial charge in [0.2, 0.25) is 0 Å². The van der Waals surface area contributed by atoms with Crippen LogP contribution in [0, 0.1) is 0 Å². The van der Waals surface area contributed by atoms with Crippen molar-refractivity contribution in [2.45, 2.75) is 0 Å². The van der Waals surface area contributed by atoms with Crippen LogP contribution < -0.4 is 5.32 Å². The van der Waals surface area contributed by atoms with E-state index in [0.717, 1.165) is 28.2 Å². The number of carbonyl (C=O) groups is 2. The molecule has 0 aliphatic heterocycles. The number of aromatic nitrogens is 2. The SMILES string of the molecule is COC(=O)c1ccc(NC(=O)c2ccc(-n3nc(-c4ccccc4)cc3-c3ccccc3)cc2)cc1. The maximum absolute atomic E-state index is 12.8. The summed E-state index contributed by atoms with van der Waals surface area (Å²) in [7, 11) is 1.33. The van der Waals surface area contributed by atoms with Crippen LogP contribution in [0.1, 0.15) is 20.7 Å². The third kappa shape index (κ3) is 4.79. The smallest absolute Gasteiger partial charge is 0.337 e. The molecule has 0 atom stereocenters. The molecule has 1 heterocycles. The van der Waals surface area contributed by atoms with Gasteiger partial charge in [-0.3, -0.25) is 4.79 Å². The molecule has 0 bridgehead atoms. The number of hydrogen-bond donors (Lipinski definition) is 1. The van der Waals surface area contributed by atoms with Crippen molar-refractivity contribution in [2.75, 3.05) is 12.4 Å². The Bertz CT molecular complexity index is 1490. The Morgan fingerprint density at radius 2 is 1.31 bits per heavy atom. The molecule has 5 rings (SSSR count). The number of esters is 1. The summed E-state index contributed by atoms with van der Waals surface area (Å²) in [4.78, 5) is 24.4. The molecule has 0 radical (unpaired) electrons. The molecule has 1 N–H and O–H groups in total. The number of nitrogens with one attached hydrogen (secondary N) is 1. The van der Waals surface area contributed by atoms with Gasteiger partial charge in [0.05, 0.1) is 29.7 Å². The molecule has 6 heteroatoms. The highest BCUT2D eigenvalue weighted by molar-refractivity contribution is 6.04. The van der Waals surface area contributed by atoms with Crippen LogP contribution in [0.2, 0.25) is 0 Å². The summed E-state index contributed by atoms with van der Waals surface area (Å²) in [6.45, 7) is 0.